The lowest BCUT2D eigenvalue weighted by atomic mass is 9.92. The van der Waals surface area contributed by atoms with E-state index in [-0.39, 0.29) is 29.7 Å². The lowest BCUT2D eigenvalue weighted by Gasteiger charge is -2.25. The van der Waals surface area contributed by atoms with Crippen molar-refractivity contribution in [3.63, 3.8) is 0 Å². The van der Waals surface area contributed by atoms with Crippen molar-refractivity contribution >= 4 is 17.6 Å². The van der Waals surface area contributed by atoms with Gasteiger partial charge >= 0.3 is 0 Å². The monoisotopic (exact) mass is 474 g/mol. The first-order chi connectivity index (χ1) is 16.4. The van der Waals surface area contributed by atoms with Crippen LogP contribution in [-0.2, 0) is 10.2 Å². The van der Waals surface area contributed by atoms with Crippen LogP contribution in [0.3, 0.4) is 0 Å². The second-order valence-corrected chi connectivity index (χ2v) is 10.7. The van der Waals surface area contributed by atoms with E-state index >= 15 is 0 Å². The molecular weight excluding hydrogens is 436 g/mol. The van der Waals surface area contributed by atoms with Crippen LogP contribution in [-0.4, -0.2) is 39.6 Å². The number of anilines is 1. The van der Waals surface area contributed by atoms with Crippen molar-refractivity contribution in [1.29, 1.82) is 0 Å². The molecule has 0 spiro atoms. The molecule has 0 saturated carbocycles. The average molecular weight is 475 g/mol. The van der Waals surface area contributed by atoms with Crippen LogP contribution in [0.5, 0.6) is 0 Å². The zero-order valence-corrected chi connectivity index (χ0v) is 22.3. The molecule has 1 N–H and O–H groups in total. The summed E-state index contributed by atoms with van der Waals surface area (Å²) >= 11 is 0. The van der Waals surface area contributed by atoms with Crippen molar-refractivity contribution in [2.24, 2.45) is 5.92 Å². The third-order valence-electron chi connectivity index (χ3n) is 6.13. The normalized spacial score (nSPS) is 11.6. The largest absolute Gasteiger partial charge is 0.329 e. The standard InChI is InChI=1S/C29H38N4O2/c1-19(2)17-32(28(35)23-14-10-9-12-21(23)4)18-27(34)30-26-16-25(29(6,7)8)31-33(26)24-15-11-13-20(3)22(24)5/h9-16,19H,17-18H2,1-8H3,(H,30,34). The van der Waals surface area contributed by atoms with Gasteiger partial charge in [0.1, 0.15) is 12.4 Å². The first-order valence-electron chi connectivity index (χ1n) is 12.2. The van der Waals surface area contributed by atoms with Crippen molar-refractivity contribution in [2.75, 3.05) is 18.4 Å². The van der Waals surface area contributed by atoms with Gasteiger partial charge in [0, 0.05) is 23.6 Å². The second kappa shape index (κ2) is 10.5. The van der Waals surface area contributed by atoms with Gasteiger partial charge in [0.15, 0.2) is 0 Å². The zero-order chi connectivity index (χ0) is 25.9. The fourth-order valence-electron chi connectivity index (χ4n) is 3.98. The summed E-state index contributed by atoms with van der Waals surface area (Å²) in [4.78, 5) is 28.2. The van der Waals surface area contributed by atoms with Gasteiger partial charge in [0.05, 0.1) is 11.4 Å². The summed E-state index contributed by atoms with van der Waals surface area (Å²) in [6, 6.07) is 15.5. The summed E-state index contributed by atoms with van der Waals surface area (Å²) in [5.41, 5.74) is 5.38. The summed E-state index contributed by atoms with van der Waals surface area (Å²) in [6.45, 7) is 16.9. The lowest BCUT2D eigenvalue weighted by molar-refractivity contribution is -0.117. The number of nitrogens with one attached hydrogen (secondary N) is 1. The van der Waals surface area contributed by atoms with E-state index in [4.69, 9.17) is 5.10 Å². The first-order valence-corrected chi connectivity index (χ1v) is 12.2. The third-order valence-corrected chi connectivity index (χ3v) is 6.13. The Morgan fingerprint density at radius 1 is 1.00 bits per heavy atom. The van der Waals surface area contributed by atoms with Crippen LogP contribution in [0.4, 0.5) is 5.82 Å². The number of carbonyl (C=O) groups is 2. The number of aromatic nitrogens is 2. The Kier molecular flexibility index (Phi) is 7.83. The fourth-order valence-corrected chi connectivity index (χ4v) is 3.98. The Hall–Kier alpha value is -3.41. The van der Waals surface area contributed by atoms with Crippen LogP contribution < -0.4 is 5.32 Å². The predicted octanol–water partition coefficient (Wildman–Crippen LogP) is 5.83. The highest BCUT2D eigenvalue weighted by Crippen LogP contribution is 2.28. The van der Waals surface area contributed by atoms with Gasteiger partial charge in [-0.3, -0.25) is 9.59 Å². The minimum atomic E-state index is -0.250. The van der Waals surface area contributed by atoms with E-state index in [2.05, 4.69) is 46.0 Å². The Balaban J connectivity index is 1.92. The van der Waals surface area contributed by atoms with Crippen LogP contribution in [0, 0.1) is 26.7 Å². The van der Waals surface area contributed by atoms with E-state index in [1.165, 1.54) is 0 Å². The number of rotatable bonds is 7. The summed E-state index contributed by atoms with van der Waals surface area (Å²) in [5, 5.41) is 7.89. The molecule has 2 amide bonds. The van der Waals surface area contributed by atoms with Gasteiger partial charge in [-0.25, -0.2) is 4.68 Å². The van der Waals surface area contributed by atoms with Crippen LogP contribution >= 0.6 is 0 Å². The molecule has 0 aliphatic heterocycles. The molecule has 0 aliphatic carbocycles. The van der Waals surface area contributed by atoms with E-state index in [9.17, 15) is 9.59 Å². The molecule has 0 saturated heterocycles. The molecule has 35 heavy (non-hydrogen) atoms. The van der Waals surface area contributed by atoms with Crippen molar-refractivity contribution in [1.82, 2.24) is 14.7 Å². The van der Waals surface area contributed by atoms with Crippen LogP contribution in [0.15, 0.2) is 48.5 Å². The van der Waals surface area contributed by atoms with E-state index in [0.717, 1.165) is 28.1 Å². The number of hydrogen-bond donors (Lipinski definition) is 1. The van der Waals surface area contributed by atoms with Gasteiger partial charge in [-0.05, 0) is 55.5 Å². The molecule has 0 fully saturated rings. The lowest BCUT2D eigenvalue weighted by Crippen LogP contribution is -2.40. The van der Waals surface area contributed by atoms with Crippen molar-refractivity contribution in [3.8, 4) is 5.69 Å². The molecule has 3 aromatic rings. The van der Waals surface area contributed by atoms with Crippen LogP contribution in [0.1, 0.15) is 67.4 Å². The second-order valence-electron chi connectivity index (χ2n) is 10.7. The van der Waals surface area contributed by atoms with E-state index in [1.54, 1.807) is 9.58 Å². The predicted molar refractivity (Wildman–Crippen MR) is 142 cm³/mol. The average Bonchev–Trinajstić information content (AvgIpc) is 3.18. The number of hydrogen-bond acceptors (Lipinski definition) is 3. The molecule has 0 unspecified atom stereocenters. The van der Waals surface area contributed by atoms with Gasteiger partial charge in [0.25, 0.3) is 5.91 Å². The smallest absolute Gasteiger partial charge is 0.254 e. The van der Waals surface area contributed by atoms with E-state index < -0.39 is 0 Å². The molecule has 6 nitrogen and oxygen atoms in total. The maximum absolute atomic E-state index is 13.3. The van der Waals surface area contributed by atoms with Gasteiger partial charge in [0.2, 0.25) is 5.91 Å². The highest BCUT2D eigenvalue weighted by molar-refractivity contribution is 6.00. The van der Waals surface area contributed by atoms with Gasteiger partial charge in [-0.2, -0.15) is 5.10 Å². The fraction of sp³-hybridized carbons (Fsp3) is 0.414. The van der Waals surface area contributed by atoms with E-state index in [0.29, 0.717) is 17.9 Å². The van der Waals surface area contributed by atoms with Crippen LogP contribution in [0.2, 0.25) is 0 Å². The minimum absolute atomic E-state index is 0.0336. The SMILES string of the molecule is Cc1ccccc1C(=O)N(CC(=O)Nc1cc(C(C)(C)C)nn1-c1cccc(C)c1C)CC(C)C. The third kappa shape index (κ3) is 6.18. The zero-order valence-electron chi connectivity index (χ0n) is 22.3. The maximum atomic E-state index is 13.3. The molecule has 1 heterocycles. The number of carbonyl (C=O) groups excluding carboxylic acids is 2. The highest BCUT2D eigenvalue weighted by Gasteiger charge is 2.25. The molecule has 0 radical (unpaired) electrons. The number of amides is 2. The van der Waals surface area contributed by atoms with Crippen molar-refractivity contribution in [2.45, 2.75) is 60.8 Å². The quantitative estimate of drug-likeness (QED) is 0.468. The summed E-state index contributed by atoms with van der Waals surface area (Å²) in [5.74, 6) is 0.440. The molecular formula is C29H38N4O2. The summed E-state index contributed by atoms with van der Waals surface area (Å²) in [7, 11) is 0. The molecule has 0 aliphatic rings. The summed E-state index contributed by atoms with van der Waals surface area (Å²) in [6.07, 6.45) is 0. The molecule has 0 bridgehead atoms. The Labute approximate surface area is 209 Å². The Morgan fingerprint density at radius 2 is 1.66 bits per heavy atom. The summed E-state index contributed by atoms with van der Waals surface area (Å²) < 4.78 is 1.80. The Bertz CT molecular complexity index is 1220. The van der Waals surface area contributed by atoms with Gasteiger partial charge in [-0.15, -0.1) is 0 Å². The van der Waals surface area contributed by atoms with E-state index in [1.807, 2.05) is 63.2 Å². The topological polar surface area (TPSA) is 67.2 Å². The number of benzene rings is 2. The minimum Gasteiger partial charge on any atom is -0.329 e. The maximum Gasteiger partial charge on any atom is 0.254 e. The van der Waals surface area contributed by atoms with Crippen molar-refractivity contribution < 1.29 is 9.59 Å². The van der Waals surface area contributed by atoms with Gasteiger partial charge < -0.3 is 10.2 Å². The molecule has 6 heteroatoms. The molecule has 2 aromatic carbocycles. The number of aryl methyl sites for hydroxylation is 2. The highest BCUT2D eigenvalue weighted by atomic mass is 16.2. The molecule has 1 aromatic heterocycles. The molecule has 0 atom stereocenters. The van der Waals surface area contributed by atoms with Crippen molar-refractivity contribution in [3.05, 3.63) is 76.5 Å². The molecule has 186 valence electrons. The molecule has 3 rings (SSSR count). The van der Waals surface area contributed by atoms with Crippen LogP contribution in [0.25, 0.3) is 5.69 Å². The Morgan fingerprint density at radius 3 is 2.29 bits per heavy atom. The first kappa shape index (κ1) is 26.2. The number of nitrogens with zero attached hydrogens (tertiary/aromatic N) is 3. The van der Waals surface area contributed by atoms with Gasteiger partial charge in [-0.1, -0.05) is 65.0 Å².